The van der Waals surface area contributed by atoms with Gasteiger partial charge in [0.2, 0.25) is 0 Å². The zero-order chi connectivity index (χ0) is 20.8. The van der Waals surface area contributed by atoms with E-state index in [0.717, 1.165) is 23.2 Å². The minimum absolute atomic E-state index is 0.274. The van der Waals surface area contributed by atoms with E-state index in [1.165, 1.54) is 0 Å². The van der Waals surface area contributed by atoms with Gasteiger partial charge in [-0.25, -0.2) is 4.98 Å². The Morgan fingerprint density at radius 2 is 1.83 bits per heavy atom. The number of anilines is 1. The summed E-state index contributed by atoms with van der Waals surface area (Å²) in [5, 5.41) is 13.2. The Balaban J connectivity index is 1.35. The van der Waals surface area contributed by atoms with Gasteiger partial charge < -0.3 is 15.0 Å². The Labute approximate surface area is 174 Å². The molecule has 0 saturated carbocycles. The maximum Gasteiger partial charge on any atom is 0.274 e. The summed E-state index contributed by atoms with van der Waals surface area (Å²) in [6, 6.07) is 20.8. The van der Waals surface area contributed by atoms with E-state index in [-0.39, 0.29) is 5.91 Å². The lowest BCUT2D eigenvalue weighted by Crippen LogP contribution is -2.14. The maximum atomic E-state index is 12.6. The maximum absolute atomic E-state index is 12.6. The second-order valence-corrected chi connectivity index (χ2v) is 6.99. The summed E-state index contributed by atoms with van der Waals surface area (Å²) in [5.41, 5.74) is 3.87. The van der Waals surface area contributed by atoms with Gasteiger partial charge in [0, 0.05) is 24.3 Å². The smallest absolute Gasteiger partial charge is 0.274 e. The van der Waals surface area contributed by atoms with Crippen molar-refractivity contribution in [3.8, 4) is 5.69 Å². The van der Waals surface area contributed by atoms with Crippen LogP contribution in [0.3, 0.4) is 0 Å². The van der Waals surface area contributed by atoms with E-state index in [4.69, 9.17) is 0 Å². The molecule has 2 aromatic carbocycles. The Bertz CT molecular complexity index is 1090. The number of rotatable bonds is 7. The number of carbonyl (C=O) groups is 1. The zero-order valence-corrected chi connectivity index (χ0v) is 16.3. The summed E-state index contributed by atoms with van der Waals surface area (Å²) in [7, 11) is 0. The average molecular weight is 398 g/mol. The van der Waals surface area contributed by atoms with E-state index >= 15 is 0 Å². The Morgan fingerprint density at radius 1 is 1.03 bits per heavy atom. The molecule has 0 aliphatic carbocycles. The predicted molar refractivity (Wildman–Crippen MR) is 115 cm³/mol. The molecule has 4 rings (SSSR count). The summed E-state index contributed by atoms with van der Waals surface area (Å²) in [6.45, 7) is 0. The van der Waals surface area contributed by atoms with Gasteiger partial charge in [-0.2, -0.15) is 0 Å². The molecule has 2 aromatic heterocycles. The van der Waals surface area contributed by atoms with E-state index < -0.39 is 6.10 Å². The highest BCUT2D eigenvalue weighted by molar-refractivity contribution is 6.03. The summed E-state index contributed by atoms with van der Waals surface area (Å²) in [4.78, 5) is 20.7. The highest BCUT2D eigenvalue weighted by atomic mass is 16.3. The molecule has 2 heterocycles. The first kappa shape index (κ1) is 19.5. The molecule has 0 aliphatic heterocycles. The Kier molecular flexibility index (Phi) is 5.96. The van der Waals surface area contributed by atoms with Gasteiger partial charge in [-0.05, 0) is 48.2 Å². The number of aryl methyl sites for hydroxylation is 1. The second kappa shape index (κ2) is 9.15. The first-order valence-corrected chi connectivity index (χ1v) is 9.77. The van der Waals surface area contributed by atoms with Crippen LogP contribution in [0, 0.1) is 0 Å². The van der Waals surface area contributed by atoms with Crippen molar-refractivity contribution in [3.05, 3.63) is 108 Å². The van der Waals surface area contributed by atoms with Crippen LogP contribution in [0.15, 0.2) is 91.6 Å². The monoisotopic (exact) mass is 398 g/mol. The number of aliphatic hydroxyl groups excluding tert-OH is 1. The number of hydrogen-bond donors (Lipinski definition) is 2. The van der Waals surface area contributed by atoms with Gasteiger partial charge >= 0.3 is 0 Å². The summed E-state index contributed by atoms with van der Waals surface area (Å²) < 4.78 is 1.82. The fraction of sp³-hybridized carbons (Fsp3) is 0.125. The normalized spacial score (nSPS) is 11.8. The SMILES string of the molecule is O=C(Nc1ccc(CCC(O)c2ccccc2)cc1)c1cc(-n2ccnc2)ccn1. The quantitative estimate of drug-likeness (QED) is 0.489. The van der Waals surface area contributed by atoms with E-state index in [2.05, 4.69) is 15.3 Å². The lowest BCUT2D eigenvalue weighted by molar-refractivity contribution is 0.102. The van der Waals surface area contributed by atoms with Crippen LogP contribution in [0.5, 0.6) is 0 Å². The van der Waals surface area contributed by atoms with Gasteiger partial charge in [0.1, 0.15) is 5.69 Å². The molecular formula is C24H22N4O2. The van der Waals surface area contributed by atoms with Crippen LogP contribution in [0.1, 0.15) is 34.1 Å². The van der Waals surface area contributed by atoms with E-state index in [1.54, 1.807) is 24.8 Å². The molecule has 0 aliphatic rings. The molecule has 0 fully saturated rings. The minimum atomic E-state index is -0.487. The first-order valence-electron chi connectivity index (χ1n) is 9.77. The zero-order valence-electron chi connectivity index (χ0n) is 16.3. The van der Waals surface area contributed by atoms with Crippen molar-refractivity contribution >= 4 is 11.6 Å². The number of nitrogens with zero attached hydrogens (tertiary/aromatic N) is 3. The Hall–Kier alpha value is -3.77. The summed E-state index contributed by atoms with van der Waals surface area (Å²) in [5.74, 6) is -0.274. The number of hydrogen-bond acceptors (Lipinski definition) is 4. The van der Waals surface area contributed by atoms with Crippen LogP contribution < -0.4 is 5.32 Å². The number of pyridine rings is 1. The largest absolute Gasteiger partial charge is 0.388 e. The lowest BCUT2D eigenvalue weighted by Gasteiger charge is -2.11. The molecule has 0 bridgehead atoms. The number of aliphatic hydroxyl groups is 1. The van der Waals surface area contributed by atoms with Gasteiger partial charge in [-0.1, -0.05) is 42.5 Å². The molecule has 6 nitrogen and oxygen atoms in total. The number of imidazole rings is 1. The van der Waals surface area contributed by atoms with Crippen LogP contribution in [0.2, 0.25) is 0 Å². The molecule has 1 unspecified atom stereocenters. The molecule has 0 radical (unpaired) electrons. The second-order valence-electron chi connectivity index (χ2n) is 6.99. The number of benzene rings is 2. The molecule has 30 heavy (non-hydrogen) atoms. The van der Waals surface area contributed by atoms with Crippen LogP contribution in [0.25, 0.3) is 5.69 Å². The third kappa shape index (κ3) is 4.79. The van der Waals surface area contributed by atoms with Crippen LogP contribution in [0.4, 0.5) is 5.69 Å². The molecule has 150 valence electrons. The standard InChI is InChI=1S/C24H22N4O2/c29-23(19-4-2-1-3-5-19)11-8-18-6-9-20(10-7-18)27-24(30)22-16-21(12-13-26-22)28-15-14-25-17-28/h1-7,9-10,12-17,23,29H,8,11H2,(H,27,30). The van der Waals surface area contributed by atoms with Crippen molar-refractivity contribution in [1.29, 1.82) is 0 Å². The fourth-order valence-electron chi connectivity index (χ4n) is 3.21. The molecule has 2 N–H and O–H groups in total. The summed E-state index contributed by atoms with van der Waals surface area (Å²) in [6.07, 6.45) is 7.67. The van der Waals surface area contributed by atoms with Crippen molar-refractivity contribution in [2.24, 2.45) is 0 Å². The van der Waals surface area contributed by atoms with Crippen molar-refractivity contribution in [2.45, 2.75) is 18.9 Å². The summed E-state index contributed by atoms with van der Waals surface area (Å²) >= 11 is 0. The predicted octanol–water partition coefficient (Wildman–Crippen LogP) is 4.19. The van der Waals surface area contributed by atoms with Gasteiger partial charge in [0.25, 0.3) is 5.91 Å². The molecule has 6 heteroatoms. The number of aromatic nitrogens is 3. The molecule has 1 atom stereocenters. The van der Waals surface area contributed by atoms with Gasteiger partial charge in [-0.3, -0.25) is 9.78 Å². The lowest BCUT2D eigenvalue weighted by atomic mass is 10.0. The van der Waals surface area contributed by atoms with Crippen molar-refractivity contribution in [1.82, 2.24) is 14.5 Å². The van der Waals surface area contributed by atoms with Crippen LogP contribution in [-0.4, -0.2) is 25.5 Å². The fourth-order valence-corrected chi connectivity index (χ4v) is 3.21. The first-order chi connectivity index (χ1) is 14.7. The van der Waals surface area contributed by atoms with Crippen LogP contribution in [-0.2, 0) is 6.42 Å². The highest BCUT2D eigenvalue weighted by Crippen LogP contribution is 2.20. The van der Waals surface area contributed by atoms with E-state index in [9.17, 15) is 9.90 Å². The Morgan fingerprint density at radius 3 is 2.57 bits per heavy atom. The average Bonchev–Trinajstić information content (AvgIpc) is 3.34. The molecule has 0 spiro atoms. The third-order valence-electron chi connectivity index (χ3n) is 4.88. The van der Waals surface area contributed by atoms with Gasteiger partial charge in [0.05, 0.1) is 18.1 Å². The molecular weight excluding hydrogens is 376 g/mol. The molecule has 4 aromatic rings. The van der Waals surface area contributed by atoms with Gasteiger partial charge in [-0.15, -0.1) is 0 Å². The van der Waals surface area contributed by atoms with Crippen molar-refractivity contribution < 1.29 is 9.90 Å². The number of amides is 1. The van der Waals surface area contributed by atoms with Crippen molar-refractivity contribution in [3.63, 3.8) is 0 Å². The van der Waals surface area contributed by atoms with E-state index in [1.807, 2.05) is 71.4 Å². The third-order valence-corrected chi connectivity index (χ3v) is 4.88. The van der Waals surface area contributed by atoms with E-state index in [0.29, 0.717) is 17.8 Å². The minimum Gasteiger partial charge on any atom is -0.388 e. The number of nitrogens with one attached hydrogen (secondary N) is 1. The van der Waals surface area contributed by atoms with Crippen molar-refractivity contribution in [2.75, 3.05) is 5.32 Å². The van der Waals surface area contributed by atoms with Gasteiger partial charge in [0.15, 0.2) is 0 Å². The van der Waals surface area contributed by atoms with Crippen LogP contribution >= 0.6 is 0 Å². The highest BCUT2D eigenvalue weighted by Gasteiger charge is 2.10. The molecule has 0 saturated heterocycles. The topological polar surface area (TPSA) is 80.0 Å². The molecule has 1 amide bonds. The number of carbonyl (C=O) groups excluding carboxylic acids is 1.